The van der Waals surface area contributed by atoms with E-state index in [1.54, 1.807) is 42.5 Å². The van der Waals surface area contributed by atoms with E-state index in [9.17, 15) is 13.2 Å². The zero-order chi connectivity index (χ0) is 25.1. The lowest BCUT2D eigenvalue weighted by atomic mass is 10.1. The van der Waals surface area contributed by atoms with Crippen molar-refractivity contribution in [3.63, 3.8) is 0 Å². The molecule has 0 saturated heterocycles. The highest BCUT2D eigenvalue weighted by Gasteiger charge is 2.23. The number of nitrogens with one attached hydrogen (secondary N) is 2. The molecule has 0 spiro atoms. The molecule has 36 heavy (non-hydrogen) atoms. The number of hydrogen-bond acceptors (Lipinski definition) is 4. The third-order valence-electron chi connectivity index (χ3n) is 5.94. The second-order valence-electron chi connectivity index (χ2n) is 8.33. The third kappa shape index (κ3) is 4.71. The molecule has 8 heteroatoms. The molecule has 0 bridgehead atoms. The topological polar surface area (TPSA) is 93.1 Å². The number of imidazole rings is 1. The van der Waals surface area contributed by atoms with Gasteiger partial charge in [0.1, 0.15) is 11.9 Å². The molecule has 4 aromatic carbocycles. The Morgan fingerprint density at radius 2 is 1.42 bits per heavy atom. The minimum atomic E-state index is -3.72. The highest BCUT2D eigenvalue weighted by molar-refractivity contribution is 7.92. The summed E-state index contributed by atoms with van der Waals surface area (Å²) >= 11 is 0. The summed E-state index contributed by atoms with van der Waals surface area (Å²) in [6, 6.07) is 31.5. The molecule has 0 saturated carbocycles. The second-order valence-corrected chi connectivity index (χ2v) is 10.0. The predicted molar refractivity (Wildman–Crippen MR) is 140 cm³/mol. The van der Waals surface area contributed by atoms with Crippen LogP contribution >= 0.6 is 0 Å². The molecule has 5 rings (SSSR count). The summed E-state index contributed by atoms with van der Waals surface area (Å²) < 4.78 is 29.7. The van der Waals surface area contributed by atoms with Gasteiger partial charge in [0.15, 0.2) is 0 Å². The quantitative estimate of drug-likeness (QED) is 0.335. The highest BCUT2D eigenvalue weighted by Crippen LogP contribution is 2.26. The van der Waals surface area contributed by atoms with Crippen molar-refractivity contribution in [2.24, 2.45) is 7.05 Å². The number of aryl methyl sites for hydroxylation is 1. The van der Waals surface area contributed by atoms with E-state index in [0.717, 1.165) is 16.6 Å². The van der Waals surface area contributed by atoms with Gasteiger partial charge in [-0.1, -0.05) is 60.7 Å². The molecule has 1 atom stereocenters. The van der Waals surface area contributed by atoms with Crippen LogP contribution in [0.15, 0.2) is 114 Å². The van der Waals surface area contributed by atoms with Crippen LogP contribution in [0.5, 0.6) is 0 Å². The van der Waals surface area contributed by atoms with Gasteiger partial charge in [0, 0.05) is 18.3 Å². The van der Waals surface area contributed by atoms with Crippen molar-refractivity contribution in [1.29, 1.82) is 0 Å². The SMILES string of the molecule is Cn1c(C(NC(=O)c2ccc(NS(=O)(=O)c3ccccc3)cc2)c2ccccc2)nc2ccccc21. The van der Waals surface area contributed by atoms with Crippen molar-refractivity contribution in [3.8, 4) is 0 Å². The number of aromatic nitrogens is 2. The Morgan fingerprint density at radius 3 is 2.08 bits per heavy atom. The van der Waals surface area contributed by atoms with Gasteiger partial charge in [-0.25, -0.2) is 13.4 Å². The van der Waals surface area contributed by atoms with Crippen LogP contribution in [0.3, 0.4) is 0 Å². The molecule has 7 nitrogen and oxygen atoms in total. The van der Waals surface area contributed by atoms with Gasteiger partial charge in [-0.2, -0.15) is 0 Å². The average molecular weight is 497 g/mol. The standard InChI is InChI=1S/C28H24N4O3S/c1-32-25-15-9-8-14-24(25)29-27(32)26(20-10-4-2-5-11-20)30-28(33)21-16-18-22(19-17-21)31-36(34,35)23-12-6-3-7-13-23/h2-19,26,31H,1H3,(H,30,33). The van der Waals surface area contributed by atoms with Crippen molar-refractivity contribution < 1.29 is 13.2 Å². The molecule has 1 aromatic heterocycles. The van der Waals surface area contributed by atoms with Gasteiger partial charge >= 0.3 is 0 Å². The Labute approximate surface area is 209 Å². The molecule has 180 valence electrons. The van der Waals surface area contributed by atoms with Crippen LogP contribution in [0.25, 0.3) is 11.0 Å². The molecule has 1 heterocycles. The number of carbonyl (C=O) groups is 1. The number of rotatable bonds is 7. The molecule has 2 N–H and O–H groups in total. The third-order valence-corrected chi connectivity index (χ3v) is 7.34. The number of para-hydroxylation sites is 2. The first-order valence-corrected chi connectivity index (χ1v) is 12.9. The average Bonchev–Trinajstić information content (AvgIpc) is 3.24. The summed E-state index contributed by atoms with van der Waals surface area (Å²) in [6.07, 6.45) is 0. The molecule has 1 unspecified atom stereocenters. The van der Waals surface area contributed by atoms with Gasteiger partial charge in [0.25, 0.3) is 15.9 Å². The summed E-state index contributed by atoms with van der Waals surface area (Å²) in [4.78, 5) is 18.2. The van der Waals surface area contributed by atoms with Crippen LogP contribution in [-0.2, 0) is 17.1 Å². The van der Waals surface area contributed by atoms with Crippen LogP contribution in [0.2, 0.25) is 0 Å². The number of anilines is 1. The van der Waals surface area contributed by atoms with Gasteiger partial charge in [-0.05, 0) is 54.1 Å². The molecular formula is C28H24N4O3S. The summed E-state index contributed by atoms with van der Waals surface area (Å²) in [6.45, 7) is 0. The first-order chi connectivity index (χ1) is 17.4. The summed E-state index contributed by atoms with van der Waals surface area (Å²) in [5.74, 6) is 0.413. The van der Waals surface area contributed by atoms with Gasteiger partial charge in [-0.3, -0.25) is 9.52 Å². The highest BCUT2D eigenvalue weighted by atomic mass is 32.2. The zero-order valence-corrected chi connectivity index (χ0v) is 20.3. The maximum atomic E-state index is 13.3. The maximum absolute atomic E-state index is 13.3. The Kier molecular flexibility index (Phi) is 6.26. The molecule has 0 aliphatic carbocycles. The minimum Gasteiger partial charge on any atom is -0.338 e. The molecule has 0 radical (unpaired) electrons. The summed E-state index contributed by atoms with van der Waals surface area (Å²) in [7, 11) is -1.79. The first-order valence-electron chi connectivity index (χ1n) is 11.4. The monoisotopic (exact) mass is 496 g/mol. The Bertz CT molecular complexity index is 1610. The van der Waals surface area contributed by atoms with E-state index in [-0.39, 0.29) is 10.8 Å². The van der Waals surface area contributed by atoms with Crippen molar-refractivity contribution in [3.05, 3.63) is 126 Å². The smallest absolute Gasteiger partial charge is 0.261 e. The van der Waals surface area contributed by atoms with Crippen LogP contribution in [0.4, 0.5) is 5.69 Å². The van der Waals surface area contributed by atoms with Crippen LogP contribution < -0.4 is 10.0 Å². The molecule has 5 aromatic rings. The number of nitrogens with zero attached hydrogens (tertiary/aromatic N) is 2. The molecule has 0 aliphatic rings. The lowest BCUT2D eigenvalue weighted by Gasteiger charge is -2.19. The van der Waals surface area contributed by atoms with Crippen molar-refractivity contribution in [1.82, 2.24) is 14.9 Å². The van der Waals surface area contributed by atoms with Crippen molar-refractivity contribution in [2.75, 3.05) is 4.72 Å². The lowest BCUT2D eigenvalue weighted by Crippen LogP contribution is -2.31. The molecule has 0 aliphatic heterocycles. The molecular weight excluding hydrogens is 472 g/mol. The number of carbonyl (C=O) groups excluding carboxylic acids is 1. The number of sulfonamides is 1. The number of hydrogen-bond donors (Lipinski definition) is 2. The van der Waals surface area contributed by atoms with Crippen LogP contribution in [-0.4, -0.2) is 23.9 Å². The van der Waals surface area contributed by atoms with E-state index < -0.39 is 16.1 Å². The van der Waals surface area contributed by atoms with Crippen molar-refractivity contribution in [2.45, 2.75) is 10.9 Å². The fraction of sp³-hybridized carbons (Fsp3) is 0.0714. The van der Waals surface area contributed by atoms with E-state index in [1.807, 2.05) is 66.2 Å². The van der Waals surface area contributed by atoms with E-state index in [0.29, 0.717) is 17.1 Å². The zero-order valence-electron chi connectivity index (χ0n) is 19.5. The molecule has 1 amide bonds. The predicted octanol–water partition coefficient (Wildman–Crippen LogP) is 4.89. The van der Waals surface area contributed by atoms with E-state index >= 15 is 0 Å². The largest absolute Gasteiger partial charge is 0.338 e. The van der Waals surface area contributed by atoms with Gasteiger partial charge < -0.3 is 9.88 Å². The van der Waals surface area contributed by atoms with Crippen LogP contribution in [0, 0.1) is 0 Å². The number of amides is 1. The first kappa shape index (κ1) is 23.3. The van der Waals surface area contributed by atoms with E-state index in [4.69, 9.17) is 4.98 Å². The van der Waals surface area contributed by atoms with Gasteiger partial charge in [0.2, 0.25) is 0 Å². The summed E-state index contributed by atoms with van der Waals surface area (Å²) in [5, 5.41) is 3.10. The summed E-state index contributed by atoms with van der Waals surface area (Å²) in [5.41, 5.74) is 3.48. The van der Waals surface area contributed by atoms with E-state index in [1.165, 1.54) is 12.1 Å². The second kappa shape index (κ2) is 9.67. The number of fused-ring (bicyclic) bond motifs is 1. The minimum absolute atomic E-state index is 0.167. The molecule has 0 fully saturated rings. The van der Waals surface area contributed by atoms with Crippen molar-refractivity contribution >= 4 is 32.7 Å². The number of benzene rings is 4. The maximum Gasteiger partial charge on any atom is 0.261 e. The van der Waals surface area contributed by atoms with Gasteiger partial charge in [-0.15, -0.1) is 0 Å². The Balaban J connectivity index is 1.40. The van der Waals surface area contributed by atoms with E-state index in [2.05, 4.69) is 10.0 Å². The fourth-order valence-electron chi connectivity index (χ4n) is 4.08. The van der Waals surface area contributed by atoms with Gasteiger partial charge in [0.05, 0.1) is 15.9 Å². The Morgan fingerprint density at radius 1 is 0.806 bits per heavy atom. The van der Waals surface area contributed by atoms with Crippen LogP contribution in [0.1, 0.15) is 27.8 Å². The Hall–Kier alpha value is -4.43. The normalized spacial score (nSPS) is 12.2. The fourth-order valence-corrected chi connectivity index (χ4v) is 5.16. The lowest BCUT2D eigenvalue weighted by molar-refractivity contribution is 0.0941.